The number of aryl methyl sites for hydroxylation is 1. The van der Waals surface area contributed by atoms with E-state index in [1.54, 1.807) is 6.20 Å². The SMILES string of the molecule is C=C(Nc1cnc(C)c(/C(=C\C)c2ccn3ncc(-c4cccnc4)c3c2)c1)C1CCN(C)CC1. The normalized spacial score (nSPS) is 15.5. The first-order valence-electron chi connectivity index (χ1n) is 12.2. The molecular formula is C29H32N6. The number of aromatic nitrogens is 4. The summed E-state index contributed by atoms with van der Waals surface area (Å²) in [5.41, 5.74) is 9.61. The Kier molecular flexibility index (Phi) is 6.47. The van der Waals surface area contributed by atoms with Crippen molar-refractivity contribution in [1.82, 2.24) is 24.5 Å². The maximum absolute atomic E-state index is 4.72. The zero-order chi connectivity index (χ0) is 24.4. The minimum atomic E-state index is 0.493. The van der Waals surface area contributed by atoms with Crippen LogP contribution in [0.1, 0.15) is 36.6 Å². The highest BCUT2D eigenvalue weighted by Gasteiger charge is 2.20. The minimum absolute atomic E-state index is 0.493. The Labute approximate surface area is 207 Å². The Morgan fingerprint density at radius 3 is 2.71 bits per heavy atom. The van der Waals surface area contributed by atoms with Crippen LogP contribution in [-0.2, 0) is 0 Å². The van der Waals surface area contributed by atoms with Gasteiger partial charge < -0.3 is 10.2 Å². The number of anilines is 1. The van der Waals surface area contributed by atoms with Crippen LogP contribution in [0.4, 0.5) is 5.69 Å². The van der Waals surface area contributed by atoms with Crippen LogP contribution >= 0.6 is 0 Å². The van der Waals surface area contributed by atoms with Crippen LogP contribution in [-0.4, -0.2) is 44.6 Å². The molecule has 0 unspecified atom stereocenters. The average Bonchev–Trinajstić information content (AvgIpc) is 3.31. The highest BCUT2D eigenvalue weighted by Crippen LogP contribution is 2.32. The number of allylic oxidation sites excluding steroid dienone is 2. The van der Waals surface area contributed by atoms with Crippen molar-refractivity contribution in [3.63, 3.8) is 0 Å². The number of hydrogen-bond acceptors (Lipinski definition) is 5. The largest absolute Gasteiger partial charge is 0.358 e. The molecule has 0 amide bonds. The molecule has 1 saturated heterocycles. The van der Waals surface area contributed by atoms with Crippen molar-refractivity contribution in [2.45, 2.75) is 26.7 Å². The number of fused-ring (bicyclic) bond motifs is 1. The van der Waals surface area contributed by atoms with Gasteiger partial charge >= 0.3 is 0 Å². The van der Waals surface area contributed by atoms with Gasteiger partial charge in [-0.3, -0.25) is 9.97 Å². The Bertz CT molecular complexity index is 1380. The Morgan fingerprint density at radius 2 is 1.97 bits per heavy atom. The molecule has 0 spiro atoms. The first-order chi connectivity index (χ1) is 17.0. The van der Waals surface area contributed by atoms with Crippen molar-refractivity contribution in [2.24, 2.45) is 5.92 Å². The monoisotopic (exact) mass is 464 g/mol. The molecule has 1 aliphatic heterocycles. The van der Waals surface area contributed by atoms with Crippen LogP contribution in [0.5, 0.6) is 0 Å². The lowest BCUT2D eigenvalue weighted by molar-refractivity contribution is 0.239. The van der Waals surface area contributed by atoms with Crippen molar-refractivity contribution in [2.75, 3.05) is 25.5 Å². The van der Waals surface area contributed by atoms with E-state index in [2.05, 4.69) is 78.1 Å². The summed E-state index contributed by atoms with van der Waals surface area (Å²) in [5.74, 6) is 0.493. The van der Waals surface area contributed by atoms with Gasteiger partial charge in [0.2, 0.25) is 0 Å². The number of pyridine rings is 3. The second kappa shape index (κ2) is 9.84. The fraction of sp³-hybridized carbons (Fsp3) is 0.276. The lowest BCUT2D eigenvalue weighted by Crippen LogP contribution is -2.31. The van der Waals surface area contributed by atoms with Crippen LogP contribution in [0.15, 0.2) is 79.7 Å². The van der Waals surface area contributed by atoms with E-state index >= 15 is 0 Å². The van der Waals surface area contributed by atoms with Crippen LogP contribution in [0.2, 0.25) is 0 Å². The van der Waals surface area contributed by atoms with Crippen molar-refractivity contribution < 1.29 is 0 Å². The summed E-state index contributed by atoms with van der Waals surface area (Å²) in [6.45, 7) is 10.7. The fourth-order valence-corrected chi connectivity index (χ4v) is 4.89. The summed E-state index contributed by atoms with van der Waals surface area (Å²) in [4.78, 5) is 11.4. The molecule has 1 aliphatic rings. The third kappa shape index (κ3) is 4.75. The predicted octanol–water partition coefficient (Wildman–Crippen LogP) is 5.82. The van der Waals surface area contributed by atoms with Gasteiger partial charge in [-0.15, -0.1) is 0 Å². The molecule has 0 radical (unpaired) electrons. The second-order valence-electron chi connectivity index (χ2n) is 9.33. The van der Waals surface area contributed by atoms with Gasteiger partial charge in [-0.05, 0) is 82.2 Å². The zero-order valence-electron chi connectivity index (χ0n) is 20.7. The van der Waals surface area contributed by atoms with Crippen LogP contribution in [0.25, 0.3) is 22.2 Å². The van der Waals surface area contributed by atoms with Crippen LogP contribution in [0, 0.1) is 12.8 Å². The summed E-state index contributed by atoms with van der Waals surface area (Å²) in [6, 6.07) is 10.5. The molecular weight excluding hydrogens is 432 g/mol. The highest BCUT2D eigenvalue weighted by molar-refractivity contribution is 5.87. The summed E-state index contributed by atoms with van der Waals surface area (Å²) in [5, 5.41) is 8.10. The van der Waals surface area contributed by atoms with E-state index in [1.807, 2.05) is 35.4 Å². The van der Waals surface area contributed by atoms with Gasteiger partial charge in [-0.25, -0.2) is 4.52 Å². The third-order valence-electron chi connectivity index (χ3n) is 6.99. The number of hydrogen-bond donors (Lipinski definition) is 1. The third-order valence-corrected chi connectivity index (χ3v) is 6.99. The van der Waals surface area contributed by atoms with Gasteiger partial charge in [0, 0.05) is 52.6 Å². The van der Waals surface area contributed by atoms with E-state index in [1.165, 1.54) is 0 Å². The molecule has 0 bridgehead atoms. The first kappa shape index (κ1) is 23.0. The van der Waals surface area contributed by atoms with Crippen molar-refractivity contribution in [3.8, 4) is 11.1 Å². The molecule has 6 nitrogen and oxygen atoms in total. The summed E-state index contributed by atoms with van der Waals surface area (Å²) < 4.78 is 1.91. The number of nitrogens with zero attached hydrogens (tertiary/aromatic N) is 5. The lowest BCUT2D eigenvalue weighted by atomic mass is 9.93. The molecule has 5 heterocycles. The van der Waals surface area contributed by atoms with E-state index in [4.69, 9.17) is 4.98 Å². The lowest BCUT2D eigenvalue weighted by Gasteiger charge is -2.30. The van der Waals surface area contributed by atoms with Gasteiger partial charge in [-0.1, -0.05) is 18.7 Å². The van der Waals surface area contributed by atoms with E-state index < -0.39 is 0 Å². The number of rotatable bonds is 6. The van der Waals surface area contributed by atoms with E-state index in [9.17, 15) is 0 Å². The predicted molar refractivity (Wildman–Crippen MR) is 143 cm³/mol. The number of likely N-dealkylation sites (tertiary alicyclic amines) is 1. The molecule has 1 fully saturated rings. The average molecular weight is 465 g/mol. The van der Waals surface area contributed by atoms with E-state index in [0.29, 0.717) is 5.92 Å². The molecule has 178 valence electrons. The molecule has 5 rings (SSSR count). The quantitative estimate of drug-likeness (QED) is 0.390. The Balaban J connectivity index is 1.45. The van der Waals surface area contributed by atoms with Crippen molar-refractivity contribution in [1.29, 1.82) is 0 Å². The smallest absolute Gasteiger partial charge is 0.0746 e. The molecule has 1 N–H and O–H groups in total. The molecule has 6 heteroatoms. The number of piperidine rings is 1. The molecule has 0 aromatic carbocycles. The van der Waals surface area contributed by atoms with Gasteiger partial charge in [0.25, 0.3) is 0 Å². The van der Waals surface area contributed by atoms with Crippen molar-refractivity contribution in [3.05, 3.63) is 96.5 Å². The van der Waals surface area contributed by atoms with Gasteiger partial charge in [0.1, 0.15) is 0 Å². The molecule has 0 aliphatic carbocycles. The second-order valence-corrected chi connectivity index (χ2v) is 9.33. The summed E-state index contributed by atoms with van der Waals surface area (Å²) in [7, 11) is 2.18. The fourth-order valence-electron chi connectivity index (χ4n) is 4.89. The summed E-state index contributed by atoms with van der Waals surface area (Å²) >= 11 is 0. The zero-order valence-corrected chi connectivity index (χ0v) is 20.7. The van der Waals surface area contributed by atoms with Crippen LogP contribution < -0.4 is 5.32 Å². The van der Waals surface area contributed by atoms with E-state index in [0.717, 1.165) is 76.4 Å². The Morgan fingerprint density at radius 1 is 1.14 bits per heavy atom. The maximum atomic E-state index is 4.72. The summed E-state index contributed by atoms with van der Waals surface area (Å²) in [6.07, 6.45) is 13.9. The standard InChI is InChI=1S/C29H32N6/c1-5-26(23-10-14-35-29(15-23)28(19-32-35)24-7-6-11-30-17-24)27-16-25(18-31-21(27)3)33-20(2)22-8-12-34(4)13-9-22/h5-7,10-11,14-19,22,33H,2,8-9,12-13H2,1,3-4H3/b26-5-. The van der Waals surface area contributed by atoms with Crippen molar-refractivity contribution >= 4 is 16.8 Å². The van der Waals surface area contributed by atoms with E-state index in [-0.39, 0.29) is 0 Å². The Hall–Kier alpha value is -3.77. The minimum Gasteiger partial charge on any atom is -0.358 e. The topological polar surface area (TPSA) is 58.4 Å². The van der Waals surface area contributed by atoms with Crippen LogP contribution in [0.3, 0.4) is 0 Å². The molecule has 0 saturated carbocycles. The maximum Gasteiger partial charge on any atom is 0.0746 e. The first-order valence-corrected chi connectivity index (χ1v) is 12.2. The van der Waals surface area contributed by atoms with Gasteiger partial charge in [0.15, 0.2) is 0 Å². The molecule has 4 aromatic heterocycles. The van der Waals surface area contributed by atoms with Gasteiger partial charge in [-0.2, -0.15) is 5.10 Å². The highest BCUT2D eigenvalue weighted by atomic mass is 15.2. The molecule has 35 heavy (non-hydrogen) atoms. The number of nitrogens with one attached hydrogen (secondary N) is 1. The van der Waals surface area contributed by atoms with Gasteiger partial charge in [0.05, 0.1) is 23.6 Å². The molecule has 4 aromatic rings. The molecule has 0 atom stereocenters.